The largest absolute Gasteiger partial charge is 0.271 e. The molecule has 2 aromatic rings. The van der Waals surface area contributed by atoms with E-state index in [1.54, 1.807) is 18.2 Å². The fraction of sp³-hybridized carbons (Fsp3) is 0.125. The molecule has 0 aliphatic carbocycles. The third-order valence-corrected chi connectivity index (χ3v) is 3.26. The van der Waals surface area contributed by atoms with E-state index in [1.165, 1.54) is 10.8 Å². The van der Waals surface area contributed by atoms with E-state index in [1.807, 2.05) is 6.92 Å². The molecule has 0 atom stereocenters. The van der Waals surface area contributed by atoms with Crippen molar-refractivity contribution >= 4 is 28.7 Å². The van der Waals surface area contributed by atoms with E-state index in [0.29, 0.717) is 23.8 Å². The summed E-state index contributed by atoms with van der Waals surface area (Å²) in [6.45, 7) is 4.76. The maximum atomic E-state index is 13.4. The van der Waals surface area contributed by atoms with Gasteiger partial charge in [-0.3, -0.25) is 9.36 Å². The Morgan fingerprint density at radius 1 is 1.45 bits per heavy atom. The summed E-state index contributed by atoms with van der Waals surface area (Å²) < 4.78 is 27.1. The molecule has 0 fully saturated rings. The average Bonchev–Trinajstić information content (AvgIpc) is 2.45. The first-order valence-corrected chi connectivity index (χ1v) is 6.91. The van der Waals surface area contributed by atoms with Gasteiger partial charge in [-0.1, -0.05) is 31.2 Å². The van der Waals surface area contributed by atoms with Gasteiger partial charge in [0.1, 0.15) is 17.5 Å². The van der Waals surface area contributed by atoms with Gasteiger partial charge in [0.15, 0.2) is 0 Å². The smallest absolute Gasteiger partial charge is 0.266 e. The Morgan fingerprint density at radius 2 is 2.18 bits per heavy atom. The highest BCUT2D eigenvalue weighted by Crippen LogP contribution is 2.19. The van der Waals surface area contributed by atoms with Crippen LogP contribution in [0.1, 0.15) is 12.7 Å². The average molecular weight is 323 g/mol. The second kappa shape index (κ2) is 6.66. The minimum Gasteiger partial charge on any atom is -0.271 e. The Labute approximate surface area is 130 Å². The molecule has 1 aromatic heterocycles. The number of rotatable bonds is 4. The van der Waals surface area contributed by atoms with E-state index >= 15 is 0 Å². The van der Waals surface area contributed by atoms with Gasteiger partial charge < -0.3 is 0 Å². The minimum absolute atomic E-state index is 0.255. The van der Waals surface area contributed by atoms with Gasteiger partial charge in [0.25, 0.3) is 5.56 Å². The standard InChI is InChI=1S/C16H13ClF2N2O/c1-3-14-20-13-6-4-5-12(17)15(13)16(22)21(14)8-7-11(19)9-10(2)18/h4-9H,2-3H2,1H3/b8-7+,11-9+. The van der Waals surface area contributed by atoms with Crippen molar-refractivity contribution in [3.05, 3.63) is 69.8 Å². The van der Waals surface area contributed by atoms with Gasteiger partial charge in [-0.15, -0.1) is 0 Å². The molecule has 0 amide bonds. The van der Waals surface area contributed by atoms with Gasteiger partial charge in [-0.05, 0) is 18.2 Å². The first kappa shape index (κ1) is 16.1. The first-order valence-electron chi connectivity index (χ1n) is 6.53. The van der Waals surface area contributed by atoms with Crippen LogP contribution in [0.15, 0.2) is 53.4 Å². The van der Waals surface area contributed by atoms with Crippen LogP contribution >= 0.6 is 11.6 Å². The van der Waals surface area contributed by atoms with Crippen LogP contribution in [0.2, 0.25) is 5.02 Å². The molecule has 0 aliphatic heterocycles. The molecule has 0 saturated carbocycles. The van der Waals surface area contributed by atoms with E-state index in [9.17, 15) is 13.6 Å². The molecule has 1 heterocycles. The molecule has 1 aromatic carbocycles. The summed E-state index contributed by atoms with van der Waals surface area (Å²) in [6.07, 6.45) is 3.25. The zero-order valence-corrected chi connectivity index (χ0v) is 12.6. The molecule has 0 spiro atoms. The zero-order valence-electron chi connectivity index (χ0n) is 11.8. The molecule has 114 valence electrons. The number of fused-ring (bicyclic) bond motifs is 1. The molecule has 0 N–H and O–H groups in total. The van der Waals surface area contributed by atoms with Crippen LogP contribution < -0.4 is 5.56 Å². The summed E-state index contributed by atoms with van der Waals surface area (Å²) >= 11 is 6.04. The van der Waals surface area contributed by atoms with Crippen molar-refractivity contribution in [2.24, 2.45) is 0 Å². The van der Waals surface area contributed by atoms with E-state index in [4.69, 9.17) is 11.6 Å². The predicted octanol–water partition coefficient (Wildman–Crippen LogP) is 4.42. The molecule has 6 heteroatoms. The Kier molecular flexibility index (Phi) is 4.88. The van der Waals surface area contributed by atoms with Crippen molar-refractivity contribution in [2.45, 2.75) is 13.3 Å². The Morgan fingerprint density at radius 3 is 2.82 bits per heavy atom. The fourth-order valence-electron chi connectivity index (χ4n) is 1.99. The van der Waals surface area contributed by atoms with Crippen LogP contribution in [-0.4, -0.2) is 9.55 Å². The molecular weight excluding hydrogens is 310 g/mol. The van der Waals surface area contributed by atoms with Gasteiger partial charge in [-0.25, -0.2) is 13.8 Å². The van der Waals surface area contributed by atoms with Gasteiger partial charge >= 0.3 is 0 Å². The van der Waals surface area contributed by atoms with Crippen molar-refractivity contribution in [1.29, 1.82) is 0 Å². The summed E-state index contributed by atoms with van der Waals surface area (Å²) in [6, 6.07) is 4.97. The number of aryl methyl sites for hydroxylation is 1. The van der Waals surface area contributed by atoms with Crippen molar-refractivity contribution in [3.8, 4) is 0 Å². The zero-order chi connectivity index (χ0) is 16.3. The summed E-state index contributed by atoms with van der Waals surface area (Å²) in [5.41, 5.74) is 0.0720. The fourth-order valence-corrected chi connectivity index (χ4v) is 2.25. The third kappa shape index (κ3) is 3.31. The van der Waals surface area contributed by atoms with Gasteiger partial charge in [0.05, 0.1) is 15.9 Å². The summed E-state index contributed by atoms with van der Waals surface area (Å²) in [5, 5.41) is 0.526. The van der Waals surface area contributed by atoms with E-state index in [0.717, 1.165) is 6.08 Å². The maximum absolute atomic E-state index is 13.4. The summed E-state index contributed by atoms with van der Waals surface area (Å²) in [4.78, 5) is 16.9. The molecule has 0 radical (unpaired) electrons. The lowest BCUT2D eigenvalue weighted by atomic mass is 10.2. The maximum Gasteiger partial charge on any atom is 0.266 e. The van der Waals surface area contributed by atoms with Crippen molar-refractivity contribution in [3.63, 3.8) is 0 Å². The van der Waals surface area contributed by atoms with Gasteiger partial charge in [-0.2, -0.15) is 0 Å². The molecule has 22 heavy (non-hydrogen) atoms. The highest BCUT2D eigenvalue weighted by atomic mass is 35.5. The number of nitrogens with zero attached hydrogens (tertiary/aromatic N) is 2. The van der Waals surface area contributed by atoms with Gasteiger partial charge in [0, 0.05) is 18.7 Å². The Balaban J connectivity index is 2.65. The van der Waals surface area contributed by atoms with Crippen LogP contribution in [0.25, 0.3) is 17.1 Å². The third-order valence-electron chi connectivity index (χ3n) is 2.95. The monoisotopic (exact) mass is 322 g/mol. The highest BCUT2D eigenvalue weighted by molar-refractivity contribution is 6.35. The Bertz CT molecular complexity index is 853. The first-order chi connectivity index (χ1) is 10.4. The van der Waals surface area contributed by atoms with E-state index < -0.39 is 17.2 Å². The van der Waals surface area contributed by atoms with Gasteiger partial charge in [0.2, 0.25) is 0 Å². The molecule has 2 rings (SSSR count). The van der Waals surface area contributed by atoms with Crippen LogP contribution in [0, 0.1) is 0 Å². The lowest BCUT2D eigenvalue weighted by Gasteiger charge is -2.08. The minimum atomic E-state index is -0.912. The quantitative estimate of drug-likeness (QED) is 0.781. The highest BCUT2D eigenvalue weighted by Gasteiger charge is 2.10. The number of halogens is 3. The normalized spacial score (nSPS) is 12.3. The molecule has 3 nitrogen and oxygen atoms in total. The topological polar surface area (TPSA) is 34.9 Å². The summed E-state index contributed by atoms with van der Waals surface area (Å²) in [5.74, 6) is -1.33. The lowest BCUT2D eigenvalue weighted by Crippen LogP contribution is -2.21. The number of hydrogen-bond acceptors (Lipinski definition) is 2. The second-order valence-corrected chi connectivity index (χ2v) is 4.89. The number of aromatic nitrogens is 2. The SMILES string of the molecule is C=C(F)/C=C(F)\C=C\n1c(CC)nc2cccc(Cl)c2c1=O. The molecular formula is C16H13ClF2N2O. The van der Waals surface area contributed by atoms with Crippen molar-refractivity contribution in [2.75, 3.05) is 0 Å². The molecule has 0 saturated heterocycles. The van der Waals surface area contributed by atoms with Crippen molar-refractivity contribution < 1.29 is 8.78 Å². The predicted molar refractivity (Wildman–Crippen MR) is 85.2 cm³/mol. The van der Waals surface area contributed by atoms with E-state index in [2.05, 4.69) is 11.6 Å². The van der Waals surface area contributed by atoms with E-state index in [-0.39, 0.29) is 10.4 Å². The lowest BCUT2D eigenvalue weighted by molar-refractivity contribution is 0.633. The van der Waals surface area contributed by atoms with Crippen LogP contribution in [0.4, 0.5) is 8.78 Å². The number of hydrogen-bond donors (Lipinski definition) is 0. The van der Waals surface area contributed by atoms with Crippen LogP contribution in [0.3, 0.4) is 0 Å². The summed E-state index contributed by atoms with van der Waals surface area (Å²) in [7, 11) is 0. The number of allylic oxidation sites excluding steroid dienone is 4. The van der Waals surface area contributed by atoms with Crippen LogP contribution in [-0.2, 0) is 6.42 Å². The second-order valence-electron chi connectivity index (χ2n) is 4.48. The Hall–Kier alpha value is -2.27. The van der Waals surface area contributed by atoms with Crippen molar-refractivity contribution in [1.82, 2.24) is 9.55 Å². The number of benzene rings is 1. The molecule has 0 unspecified atom stereocenters. The van der Waals surface area contributed by atoms with Crippen LogP contribution in [0.5, 0.6) is 0 Å². The molecule has 0 aliphatic rings. The molecule has 0 bridgehead atoms.